The fraction of sp³-hybridized carbons (Fsp3) is 0.571. The van der Waals surface area contributed by atoms with Crippen LogP contribution in [0.25, 0.3) is 0 Å². The number of hydrogen-bond donors (Lipinski definition) is 1. The van der Waals surface area contributed by atoms with Crippen LogP contribution in [0.2, 0.25) is 5.02 Å². The second-order valence-electron chi connectivity index (χ2n) is 4.91. The maximum absolute atomic E-state index is 13.1. The normalized spacial score (nSPS) is 18.5. The number of benzene rings is 1. The zero-order valence-corrected chi connectivity index (χ0v) is 10.6. The molecule has 0 bridgehead atoms. The highest BCUT2D eigenvalue weighted by Crippen LogP contribution is 2.33. The van der Waals surface area contributed by atoms with Crippen molar-refractivity contribution < 1.29 is 9.50 Å². The third-order valence-corrected chi connectivity index (χ3v) is 3.98. The Kier molecular flexibility index (Phi) is 4.41. The lowest BCUT2D eigenvalue weighted by Gasteiger charge is -2.15. The molecule has 1 nitrogen and oxygen atoms in total. The van der Waals surface area contributed by atoms with Gasteiger partial charge in [-0.2, -0.15) is 0 Å². The Labute approximate surface area is 107 Å². The molecule has 0 saturated heterocycles. The Morgan fingerprint density at radius 2 is 2.06 bits per heavy atom. The standard InChI is InChI=1S/C14H18ClFO/c15-13-7-6-11(16)9-12(13)14(17)8-5-10-3-1-2-4-10/h6-7,9-10,14,17H,1-5,8H2. The average molecular weight is 257 g/mol. The van der Waals surface area contributed by atoms with Crippen LogP contribution >= 0.6 is 11.6 Å². The molecule has 1 saturated carbocycles. The van der Waals surface area contributed by atoms with Gasteiger partial charge in [0.25, 0.3) is 0 Å². The van der Waals surface area contributed by atoms with Crippen molar-refractivity contribution in [3.8, 4) is 0 Å². The molecule has 0 spiro atoms. The van der Waals surface area contributed by atoms with Crippen LogP contribution in [0, 0.1) is 11.7 Å². The summed E-state index contributed by atoms with van der Waals surface area (Å²) in [6.07, 6.45) is 6.19. The van der Waals surface area contributed by atoms with Gasteiger partial charge in [0.1, 0.15) is 5.82 Å². The molecule has 1 aliphatic carbocycles. The van der Waals surface area contributed by atoms with Gasteiger partial charge in [-0.05, 0) is 37.0 Å². The summed E-state index contributed by atoms with van der Waals surface area (Å²) >= 11 is 5.96. The van der Waals surface area contributed by atoms with Crippen molar-refractivity contribution in [2.75, 3.05) is 0 Å². The second-order valence-corrected chi connectivity index (χ2v) is 5.32. The quantitative estimate of drug-likeness (QED) is 0.842. The van der Waals surface area contributed by atoms with E-state index in [-0.39, 0.29) is 5.82 Å². The molecule has 1 aromatic rings. The molecule has 0 heterocycles. The first-order valence-electron chi connectivity index (χ1n) is 6.30. The Balaban J connectivity index is 1.93. The van der Waals surface area contributed by atoms with Crippen LogP contribution in [-0.2, 0) is 0 Å². The SMILES string of the molecule is OC(CCC1CCCC1)c1cc(F)ccc1Cl. The van der Waals surface area contributed by atoms with Crippen LogP contribution in [0.5, 0.6) is 0 Å². The van der Waals surface area contributed by atoms with Crippen molar-refractivity contribution in [2.45, 2.75) is 44.6 Å². The summed E-state index contributed by atoms with van der Waals surface area (Å²) in [5.74, 6) is 0.390. The van der Waals surface area contributed by atoms with Crippen molar-refractivity contribution in [3.05, 3.63) is 34.6 Å². The molecular formula is C14H18ClFO. The van der Waals surface area contributed by atoms with Crippen molar-refractivity contribution in [1.29, 1.82) is 0 Å². The molecule has 94 valence electrons. The van der Waals surface area contributed by atoms with Gasteiger partial charge in [-0.3, -0.25) is 0 Å². The zero-order chi connectivity index (χ0) is 12.3. The highest BCUT2D eigenvalue weighted by molar-refractivity contribution is 6.31. The molecule has 0 aliphatic heterocycles. The van der Waals surface area contributed by atoms with Gasteiger partial charge in [0, 0.05) is 10.6 Å². The molecule has 0 amide bonds. The van der Waals surface area contributed by atoms with Gasteiger partial charge in [0.15, 0.2) is 0 Å². The fourth-order valence-corrected chi connectivity index (χ4v) is 2.86. The van der Waals surface area contributed by atoms with Crippen LogP contribution in [-0.4, -0.2) is 5.11 Å². The first-order valence-corrected chi connectivity index (χ1v) is 6.67. The van der Waals surface area contributed by atoms with Crippen molar-refractivity contribution in [1.82, 2.24) is 0 Å². The molecule has 1 aliphatic rings. The third kappa shape index (κ3) is 3.43. The monoisotopic (exact) mass is 256 g/mol. The lowest BCUT2D eigenvalue weighted by atomic mass is 9.96. The van der Waals surface area contributed by atoms with E-state index in [2.05, 4.69) is 0 Å². The fourth-order valence-electron chi connectivity index (χ4n) is 2.62. The predicted octanol–water partition coefficient (Wildman–Crippen LogP) is 4.48. The molecule has 1 atom stereocenters. The second kappa shape index (κ2) is 5.83. The van der Waals surface area contributed by atoms with Gasteiger partial charge in [0.05, 0.1) is 6.10 Å². The number of aliphatic hydroxyl groups excluding tert-OH is 1. The average Bonchev–Trinajstić information content (AvgIpc) is 2.82. The van der Waals surface area contributed by atoms with E-state index >= 15 is 0 Å². The van der Waals surface area contributed by atoms with E-state index in [1.54, 1.807) is 0 Å². The molecule has 1 unspecified atom stereocenters. The van der Waals surface area contributed by atoms with Gasteiger partial charge in [0.2, 0.25) is 0 Å². The van der Waals surface area contributed by atoms with E-state index in [0.717, 1.165) is 12.3 Å². The highest BCUT2D eigenvalue weighted by atomic mass is 35.5. The molecule has 1 N–H and O–H groups in total. The molecule has 0 radical (unpaired) electrons. The minimum Gasteiger partial charge on any atom is -0.388 e. The number of aliphatic hydroxyl groups is 1. The third-order valence-electron chi connectivity index (χ3n) is 3.64. The number of rotatable bonds is 4. The Morgan fingerprint density at radius 1 is 1.35 bits per heavy atom. The zero-order valence-electron chi connectivity index (χ0n) is 9.83. The van der Waals surface area contributed by atoms with E-state index < -0.39 is 6.10 Å². The summed E-state index contributed by atoms with van der Waals surface area (Å²) < 4.78 is 13.1. The maximum Gasteiger partial charge on any atom is 0.123 e. The highest BCUT2D eigenvalue weighted by Gasteiger charge is 2.18. The Hall–Kier alpha value is -0.600. The maximum atomic E-state index is 13.1. The smallest absolute Gasteiger partial charge is 0.123 e. The molecular weight excluding hydrogens is 239 g/mol. The lowest BCUT2D eigenvalue weighted by Crippen LogP contribution is -2.02. The summed E-state index contributed by atoms with van der Waals surface area (Å²) in [4.78, 5) is 0. The Bertz CT molecular complexity index is 374. The first-order chi connectivity index (χ1) is 8.16. The van der Waals surface area contributed by atoms with E-state index in [0.29, 0.717) is 17.0 Å². The first kappa shape index (κ1) is 12.8. The molecule has 1 fully saturated rings. The van der Waals surface area contributed by atoms with Gasteiger partial charge in [-0.1, -0.05) is 37.3 Å². The van der Waals surface area contributed by atoms with Gasteiger partial charge >= 0.3 is 0 Å². The summed E-state index contributed by atoms with van der Waals surface area (Å²) in [6.45, 7) is 0. The minimum absolute atomic E-state index is 0.343. The number of halogens is 2. The molecule has 17 heavy (non-hydrogen) atoms. The lowest BCUT2D eigenvalue weighted by molar-refractivity contribution is 0.156. The van der Waals surface area contributed by atoms with Crippen molar-refractivity contribution in [2.24, 2.45) is 5.92 Å². The topological polar surface area (TPSA) is 20.2 Å². The summed E-state index contributed by atoms with van der Waals surface area (Å²) in [5.41, 5.74) is 0.518. The van der Waals surface area contributed by atoms with Crippen LogP contribution in [0.15, 0.2) is 18.2 Å². The van der Waals surface area contributed by atoms with Crippen LogP contribution in [0.4, 0.5) is 4.39 Å². The van der Waals surface area contributed by atoms with Gasteiger partial charge < -0.3 is 5.11 Å². The van der Waals surface area contributed by atoms with E-state index in [1.165, 1.54) is 43.9 Å². The molecule has 3 heteroatoms. The summed E-state index contributed by atoms with van der Waals surface area (Å²) in [6, 6.07) is 4.15. The van der Waals surface area contributed by atoms with Crippen molar-refractivity contribution in [3.63, 3.8) is 0 Å². The summed E-state index contributed by atoms with van der Waals surface area (Å²) in [5, 5.41) is 10.5. The summed E-state index contributed by atoms with van der Waals surface area (Å²) in [7, 11) is 0. The number of hydrogen-bond acceptors (Lipinski definition) is 1. The van der Waals surface area contributed by atoms with Crippen molar-refractivity contribution >= 4 is 11.6 Å². The van der Waals surface area contributed by atoms with Gasteiger partial charge in [-0.15, -0.1) is 0 Å². The Morgan fingerprint density at radius 3 is 2.76 bits per heavy atom. The van der Waals surface area contributed by atoms with E-state index in [4.69, 9.17) is 11.6 Å². The molecule has 2 rings (SSSR count). The predicted molar refractivity (Wildman–Crippen MR) is 67.6 cm³/mol. The van der Waals surface area contributed by atoms with Crippen LogP contribution in [0.1, 0.15) is 50.2 Å². The van der Waals surface area contributed by atoms with Gasteiger partial charge in [-0.25, -0.2) is 4.39 Å². The van der Waals surface area contributed by atoms with Crippen LogP contribution < -0.4 is 0 Å². The van der Waals surface area contributed by atoms with Crippen LogP contribution in [0.3, 0.4) is 0 Å². The largest absolute Gasteiger partial charge is 0.388 e. The molecule has 0 aromatic heterocycles. The minimum atomic E-state index is -0.640. The van der Waals surface area contributed by atoms with E-state index in [9.17, 15) is 9.50 Å². The van der Waals surface area contributed by atoms with E-state index in [1.807, 2.05) is 0 Å². The molecule has 1 aromatic carbocycles.